The zero-order chi connectivity index (χ0) is 12.8. The van der Waals surface area contributed by atoms with Crippen molar-refractivity contribution in [1.29, 1.82) is 0 Å². The summed E-state index contributed by atoms with van der Waals surface area (Å²) in [5, 5.41) is 10.2. The molecule has 1 unspecified atom stereocenters. The fraction of sp³-hybridized carbons (Fsp3) is 0.600. The number of rotatable bonds is 4. The van der Waals surface area contributed by atoms with Crippen molar-refractivity contribution in [2.45, 2.75) is 25.9 Å². The lowest BCUT2D eigenvalue weighted by Gasteiger charge is -2.22. The molecule has 0 radical (unpaired) electrons. The van der Waals surface area contributed by atoms with E-state index in [-0.39, 0.29) is 0 Å². The molecular formula is C15H23NO2. The maximum absolute atomic E-state index is 10.2. The van der Waals surface area contributed by atoms with E-state index in [1.165, 1.54) is 5.56 Å². The third-order valence-corrected chi connectivity index (χ3v) is 3.52. The highest BCUT2D eigenvalue weighted by atomic mass is 16.5. The molecule has 1 aliphatic heterocycles. The molecule has 1 fully saturated rings. The highest BCUT2D eigenvalue weighted by molar-refractivity contribution is 5.24. The van der Waals surface area contributed by atoms with E-state index >= 15 is 0 Å². The quantitative estimate of drug-likeness (QED) is 0.886. The molecule has 1 saturated heterocycles. The molecular weight excluding hydrogens is 226 g/mol. The Morgan fingerprint density at radius 2 is 2.00 bits per heavy atom. The number of aliphatic hydroxyl groups is 1. The van der Waals surface area contributed by atoms with Crippen molar-refractivity contribution < 1.29 is 9.84 Å². The highest BCUT2D eigenvalue weighted by Gasteiger charge is 2.15. The lowest BCUT2D eigenvalue weighted by Crippen LogP contribution is -2.31. The molecule has 3 heteroatoms. The van der Waals surface area contributed by atoms with E-state index in [0.29, 0.717) is 6.54 Å². The Kier molecular flexibility index (Phi) is 5.17. The Hall–Kier alpha value is -0.900. The normalized spacial score (nSPS) is 19.4. The summed E-state index contributed by atoms with van der Waals surface area (Å²) in [6.07, 6.45) is 1.70. The number of nitrogens with zero attached hydrogens (tertiary/aromatic N) is 1. The van der Waals surface area contributed by atoms with Crippen LogP contribution in [0.1, 0.15) is 30.6 Å². The number of benzene rings is 1. The van der Waals surface area contributed by atoms with Gasteiger partial charge in [-0.1, -0.05) is 31.2 Å². The van der Waals surface area contributed by atoms with Gasteiger partial charge in [0.15, 0.2) is 0 Å². The predicted molar refractivity (Wildman–Crippen MR) is 72.7 cm³/mol. The summed E-state index contributed by atoms with van der Waals surface area (Å²) in [7, 11) is 0. The van der Waals surface area contributed by atoms with Crippen LogP contribution >= 0.6 is 0 Å². The molecule has 1 N–H and O–H groups in total. The first-order chi connectivity index (χ1) is 8.79. The Balaban J connectivity index is 1.90. The zero-order valence-corrected chi connectivity index (χ0v) is 11.1. The van der Waals surface area contributed by atoms with Crippen molar-refractivity contribution in [2.24, 2.45) is 0 Å². The number of hydrogen-bond acceptors (Lipinski definition) is 3. The second-order valence-electron chi connectivity index (χ2n) is 4.88. The minimum Gasteiger partial charge on any atom is -0.387 e. The van der Waals surface area contributed by atoms with Crippen molar-refractivity contribution in [1.82, 2.24) is 4.90 Å². The third-order valence-electron chi connectivity index (χ3n) is 3.52. The first-order valence-electron chi connectivity index (χ1n) is 6.86. The first-order valence-corrected chi connectivity index (χ1v) is 6.86. The van der Waals surface area contributed by atoms with Crippen molar-refractivity contribution in [3.05, 3.63) is 35.4 Å². The zero-order valence-electron chi connectivity index (χ0n) is 11.1. The van der Waals surface area contributed by atoms with Crippen molar-refractivity contribution in [2.75, 3.05) is 32.8 Å². The van der Waals surface area contributed by atoms with E-state index in [1.807, 2.05) is 12.1 Å². The van der Waals surface area contributed by atoms with Gasteiger partial charge < -0.3 is 9.84 Å². The van der Waals surface area contributed by atoms with Crippen LogP contribution in [0.5, 0.6) is 0 Å². The van der Waals surface area contributed by atoms with Gasteiger partial charge in [0.05, 0.1) is 12.7 Å². The van der Waals surface area contributed by atoms with Crippen molar-refractivity contribution >= 4 is 0 Å². The molecule has 2 rings (SSSR count). The Labute approximate surface area is 109 Å². The minimum atomic E-state index is -0.394. The number of ether oxygens (including phenoxy) is 1. The van der Waals surface area contributed by atoms with E-state index < -0.39 is 6.10 Å². The molecule has 0 amide bonds. The van der Waals surface area contributed by atoms with E-state index in [9.17, 15) is 5.11 Å². The summed E-state index contributed by atoms with van der Waals surface area (Å²) in [6, 6.07) is 8.28. The van der Waals surface area contributed by atoms with Gasteiger partial charge in [-0.05, 0) is 24.0 Å². The number of aliphatic hydroxyl groups excluding tert-OH is 1. The first kappa shape index (κ1) is 13.5. The fourth-order valence-corrected chi connectivity index (χ4v) is 2.31. The standard InChI is InChI=1S/C15H23NO2/c1-2-13-4-6-14(7-5-13)15(17)12-16-8-3-10-18-11-9-16/h4-7,15,17H,2-3,8-12H2,1H3. The highest BCUT2D eigenvalue weighted by Crippen LogP contribution is 2.16. The number of hydrogen-bond donors (Lipinski definition) is 1. The van der Waals surface area contributed by atoms with Crippen LogP contribution in [0, 0.1) is 0 Å². The molecule has 1 atom stereocenters. The van der Waals surface area contributed by atoms with Crippen LogP contribution in [0.3, 0.4) is 0 Å². The SMILES string of the molecule is CCc1ccc(C(O)CN2CCCOCC2)cc1. The largest absolute Gasteiger partial charge is 0.387 e. The van der Waals surface area contributed by atoms with Crippen LogP contribution in [0.4, 0.5) is 0 Å². The average Bonchev–Trinajstić information content (AvgIpc) is 2.67. The summed E-state index contributed by atoms with van der Waals surface area (Å²) in [5.74, 6) is 0. The molecule has 0 spiro atoms. The molecule has 1 aromatic rings. The van der Waals surface area contributed by atoms with Gasteiger partial charge in [0.25, 0.3) is 0 Å². The van der Waals surface area contributed by atoms with Gasteiger partial charge in [-0.3, -0.25) is 4.90 Å². The van der Waals surface area contributed by atoms with E-state index in [0.717, 1.165) is 44.7 Å². The van der Waals surface area contributed by atoms with E-state index in [2.05, 4.69) is 24.0 Å². The van der Waals surface area contributed by atoms with Crippen molar-refractivity contribution in [3.8, 4) is 0 Å². The number of β-amino-alcohol motifs (C(OH)–C–C–N with tert-alkyl or cyclic N) is 1. The summed E-state index contributed by atoms with van der Waals surface area (Å²) in [4.78, 5) is 2.28. The van der Waals surface area contributed by atoms with Gasteiger partial charge >= 0.3 is 0 Å². The van der Waals surface area contributed by atoms with Gasteiger partial charge in [0.1, 0.15) is 0 Å². The van der Waals surface area contributed by atoms with E-state index in [1.54, 1.807) is 0 Å². The third kappa shape index (κ3) is 3.80. The minimum absolute atomic E-state index is 0.394. The monoisotopic (exact) mass is 249 g/mol. The Morgan fingerprint density at radius 1 is 1.22 bits per heavy atom. The van der Waals surface area contributed by atoms with Gasteiger partial charge in [-0.25, -0.2) is 0 Å². The molecule has 1 aromatic carbocycles. The predicted octanol–water partition coefficient (Wildman–Crippen LogP) is 2.00. The smallest absolute Gasteiger partial charge is 0.0916 e. The molecule has 0 saturated carbocycles. The maximum atomic E-state index is 10.2. The Morgan fingerprint density at radius 3 is 2.72 bits per heavy atom. The van der Waals surface area contributed by atoms with Crippen LogP contribution in [0.2, 0.25) is 0 Å². The summed E-state index contributed by atoms with van der Waals surface area (Å²) < 4.78 is 5.42. The van der Waals surface area contributed by atoms with E-state index in [4.69, 9.17) is 4.74 Å². The van der Waals surface area contributed by atoms with Crippen LogP contribution in [0.25, 0.3) is 0 Å². The van der Waals surface area contributed by atoms with Crippen LogP contribution in [-0.2, 0) is 11.2 Å². The Bertz CT molecular complexity index is 342. The van der Waals surface area contributed by atoms with Gasteiger partial charge in [0, 0.05) is 26.2 Å². The molecule has 1 heterocycles. The van der Waals surface area contributed by atoms with Crippen LogP contribution in [-0.4, -0.2) is 42.9 Å². The average molecular weight is 249 g/mol. The van der Waals surface area contributed by atoms with Crippen LogP contribution in [0.15, 0.2) is 24.3 Å². The maximum Gasteiger partial charge on any atom is 0.0916 e. The topological polar surface area (TPSA) is 32.7 Å². The fourth-order valence-electron chi connectivity index (χ4n) is 2.31. The van der Waals surface area contributed by atoms with Gasteiger partial charge in [0.2, 0.25) is 0 Å². The molecule has 100 valence electrons. The molecule has 0 aliphatic carbocycles. The molecule has 1 aliphatic rings. The summed E-state index contributed by atoms with van der Waals surface area (Å²) in [6.45, 7) is 6.41. The molecule has 0 aromatic heterocycles. The van der Waals surface area contributed by atoms with Gasteiger partial charge in [-0.15, -0.1) is 0 Å². The second-order valence-corrected chi connectivity index (χ2v) is 4.88. The lowest BCUT2D eigenvalue weighted by atomic mass is 10.1. The number of aryl methyl sites for hydroxylation is 1. The lowest BCUT2D eigenvalue weighted by molar-refractivity contribution is 0.103. The van der Waals surface area contributed by atoms with Gasteiger partial charge in [-0.2, -0.15) is 0 Å². The second kappa shape index (κ2) is 6.88. The molecule has 0 bridgehead atoms. The molecule has 18 heavy (non-hydrogen) atoms. The summed E-state index contributed by atoms with van der Waals surface area (Å²) >= 11 is 0. The summed E-state index contributed by atoms with van der Waals surface area (Å²) in [5.41, 5.74) is 2.33. The molecule has 3 nitrogen and oxygen atoms in total. The van der Waals surface area contributed by atoms with Crippen LogP contribution < -0.4 is 0 Å². The van der Waals surface area contributed by atoms with Crippen molar-refractivity contribution in [3.63, 3.8) is 0 Å².